The van der Waals surface area contributed by atoms with Gasteiger partial charge < -0.3 is 5.32 Å². The molecule has 0 aliphatic heterocycles. The lowest BCUT2D eigenvalue weighted by Gasteiger charge is -2.12. The Labute approximate surface area is 174 Å². The summed E-state index contributed by atoms with van der Waals surface area (Å²) in [7, 11) is 1.30. The van der Waals surface area contributed by atoms with Gasteiger partial charge in [-0.15, -0.1) is 5.10 Å². The number of hydrogen-bond acceptors (Lipinski definition) is 5. The topological polar surface area (TPSA) is 90.5 Å². The third kappa shape index (κ3) is 3.89. The molecule has 0 spiro atoms. The number of amides is 1. The first-order valence-electron chi connectivity index (χ1n) is 9.10. The Kier molecular flexibility index (Phi) is 5.01. The van der Waals surface area contributed by atoms with Gasteiger partial charge in [-0.25, -0.2) is 9.67 Å². The van der Waals surface area contributed by atoms with E-state index < -0.39 is 23.3 Å². The molecule has 4 rings (SSSR count). The van der Waals surface area contributed by atoms with E-state index in [1.807, 2.05) is 0 Å². The summed E-state index contributed by atoms with van der Waals surface area (Å²) >= 11 is 0. The number of alkyl halides is 3. The monoisotopic (exact) mass is 427 g/mol. The Bertz CT molecular complexity index is 1230. The van der Waals surface area contributed by atoms with Crippen molar-refractivity contribution in [3.8, 4) is 17.1 Å². The Balaban J connectivity index is 1.71. The third-order valence-electron chi connectivity index (χ3n) is 4.54. The van der Waals surface area contributed by atoms with Crippen LogP contribution in [0, 0.1) is 6.92 Å². The summed E-state index contributed by atoms with van der Waals surface area (Å²) in [4.78, 5) is 17.1. The molecule has 0 aliphatic carbocycles. The van der Waals surface area contributed by atoms with Crippen molar-refractivity contribution in [3.63, 3.8) is 0 Å². The van der Waals surface area contributed by atoms with Gasteiger partial charge in [-0.3, -0.25) is 9.48 Å². The quantitative estimate of drug-likeness (QED) is 0.537. The van der Waals surface area contributed by atoms with E-state index in [-0.39, 0.29) is 16.9 Å². The molecule has 0 unspecified atom stereocenters. The van der Waals surface area contributed by atoms with Crippen molar-refractivity contribution in [1.82, 2.24) is 29.8 Å². The van der Waals surface area contributed by atoms with Crippen LogP contribution in [-0.2, 0) is 13.2 Å². The van der Waals surface area contributed by atoms with Gasteiger partial charge in [0, 0.05) is 12.6 Å². The maximum atomic E-state index is 13.9. The molecule has 0 aliphatic rings. The highest BCUT2D eigenvalue weighted by atomic mass is 19.4. The second kappa shape index (κ2) is 7.67. The highest BCUT2D eigenvalue weighted by Gasteiger charge is 2.42. The lowest BCUT2D eigenvalue weighted by atomic mass is 10.0. The van der Waals surface area contributed by atoms with E-state index in [4.69, 9.17) is 0 Å². The van der Waals surface area contributed by atoms with Crippen LogP contribution in [0.25, 0.3) is 17.1 Å². The summed E-state index contributed by atoms with van der Waals surface area (Å²) in [5.41, 5.74) is -0.848. The molecule has 0 bridgehead atoms. The first-order valence-corrected chi connectivity index (χ1v) is 9.10. The Morgan fingerprint density at radius 1 is 1.16 bits per heavy atom. The highest BCUT2D eigenvalue weighted by Crippen LogP contribution is 2.39. The number of carbonyl (C=O) groups excluding carboxylic acids is 1. The lowest BCUT2D eigenvalue weighted by Crippen LogP contribution is -2.21. The van der Waals surface area contributed by atoms with Crippen LogP contribution in [0.5, 0.6) is 0 Å². The highest BCUT2D eigenvalue weighted by molar-refractivity contribution is 6.05. The number of benzene rings is 1. The number of hydrogen-bond donors (Lipinski definition) is 1. The van der Waals surface area contributed by atoms with Gasteiger partial charge in [0.25, 0.3) is 5.91 Å². The van der Waals surface area contributed by atoms with E-state index in [0.29, 0.717) is 11.4 Å². The summed E-state index contributed by atoms with van der Waals surface area (Å²) in [5.74, 6) is -0.461. The maximum absolute atomic E-state index is 13.9. The predicted octanol–water partition coefficient (Wildman–Crippen LogP) is 3.64. The van der Waals surface area contributed by atoms with Crippen LogP contribution in [0.15, 0.2) is 55.0 Å². The van der Waals surface area contributed by atoms with Crippen molar-refractivity contribution in [2.24, 2.45) is 7.05 Å². The van der Waals surface area contributed by atoms with E-state index in [0.717, 1.165) is 4.68 Å². The number of nitrogens with zero attached hydrogens (tertiary/aromatic N) is 6. The molecule has 11 heteroatoms. The second-order valence-corrected chi connectivity index (χ2v) is 6.73. The van der Waals surface area contributed by atoms with E-state index in [1.54, 1.807) is 37.4 Å². The predicted molar refractivity (Wildman–Crippen MR) is 105 cm³/mol. The zero-order valence-corrected chi connectivity index (χ0v) is 16.4. The van der Waals surface area contributed by atoms with Crippen molar-refractivity contribution >= 4 is 11.6 Å². The molecule has 0 saturated carbocycles. The van der Waals surface area contributed by atoms with Crippen LogP contribution >= 0.6 is 0 Å². The van der Waals surface area contributed by atoms with Gasteiger partial charge in [-0.2, -0.15) is 18.3 Å². The minimum absolute atomic E-state index is 0.238. The molecular formula is C20H16F3N7O. The standard InChI is InChI=1S/C20H16F3N7O/c1-12-10-14(11-24-18(12)30-9-8-25-28-30)26-19(31)17-15(20(21,22)23)16(27-29(17)2)13-6-4-3-5-7-13/h3-11H,1-2H3,(H,26,31). The molecule has 31 heavy (non-hydrogen) atoms. The summed E-state index contributed by atoms with van der Waals surface area (Å²) < 4.78 is 44.1. The number of aromatic nitrogens is 6. The molecule has 1 aromatic carbocycles. The third-order valence-corrected chi connectivity index (χ3v) is 4.54. The van der Waals surface area contributed by atoms with Crippen LogP contribution in [0.4, 0.5) is 18.9 Å². The SMILES string of the molecule is Cc1cc(NC(=O)c2c(C(F)(F)F)c(-c3ccccc3)nn2C)cnc1-n1ccnn1. The van der Waals surface area contributed by atoms with Crippen LogP contribution < -0.4 is 5.32 Å². The molecule has 0 atom stereocenters. The van der Waals surface area contributed by atoms with Crippen LogP contribution in [0.1, 0.15) is 21.6 Å². The molecule has 1 amide bonds. The molecule has 0 fully saturated rings. The normalized spacial score (nSPS) is 11.5. The lowest BCUT2D eigenvalue weighted by molar-refractivity contribution is -0.137. The summed E-state index contributed by atoms with van der Waals surface area (Å²) in [6.45, 7) is 1.73. The molecule has 0 saturated heterocycles. The Morgan fingerprint density at radius 2 is 1.90 bits per heavy atom. The minimum Gasteiger partial charge on any atom is -0.319 e. The van der Waals surface area contributed by atoms with E-state index >= 15 is 0 Å². The smallest absolute Gasteiger partial charge is 0.319 e. The number of anilines is 1. The molecule has 158 valence electrons. The number of carbonyl (C=O) groups is 1. The average Bonchev–Trinajstić information content (AvgIpc) is 3.36. The van der Waals surface area contributed by atoms with Crippen molar-refractivity contribution in [1.29, 1.82) is 0 Å². The zero-order chi connectivity index (χ0) is 22.2. The number of nitrogens with one attached hydrogen (secondary N) is 1. The van der Waals surface area contributed by atoms with Gasteiger partial charge in [-0.1, -0.05) is 35.5 Å². The minimum atomic E-state index is -4.78. The summed E-state index contributed by atoms with van der Waals surface area (Å²) in [5, 5.41) is 14.0. The number of aryl methyl sites for hydroxylation is 2. The molecule has 8 nitrogen and oxygen atoms in total. The van der Waals surface area contributed by atoms with Gasteiger partial charge in [0.1, 0.15) is 17.0 Å². The molecular weight excluding hydrogens is 411 g/mol. The van der Waals surface area contributed by atoms with Crippen molar-refractivity contribution in [3.05, 3.63) is 71.8 Å². The van der Waals surface area contributed by atoms with Crippen LogP contribution in [0.2, 0.25) is 0 Å². The van der Waals surface area contributed by atoms with Crippen LogP contribution in [0.3, 0.4) is 0 Å². The first-order chi connectivity index (χ1) is 14.8. The van der Waals surface area contributed by atoms with Crippen LogP contribution in [-0.4, -0.2) is 35.7 Å². The van der Waals surface area contributed by atoms with Crippen molar-refractivity contribution in [2.75, 3.05) is 5.32 Å². The van der Waals surface area contributed by atoms with Gasteiger partial charge in [0.05, 0.1) is 24.3 Å². The largest absolute Gasteiger partial charge is 0.420 e. The molecule has 0 radical (unpaired) electrons. The summed E-state index contributed by atoms with van der Waals surface area (Å²) in [6, 6.07) is 9.50. The Hall–Kier alpha value is -4.02. The fourth-order valence-corrected chi connectivity index (χ4v) is 3.24. The van der Waals surface area contributed by atoms with E-state index in [9.17, 15) is 18.0 Å². The van der Waals surface area contributed by atoms with Gasteiger partial charge in [0.2, 0.25) is 0 Å². The fraction of sp³-hybridized carbons (Fsp3) is 0.150. The second-order valence-electron chi connectivity index (χ2n) is 6.73. The first kappa shape index (κ1) is 20.3. The number of rotatable bonds is 4. The number of halogens is 3. The summed E-state index contributed by atoms with van der Waals surface area (Å²) in [6.07, 6.45) is -0.354. The number of pyridine rings is 1. The van der Waals surface area contributed by atoms with Crippen molar-refractivity contribution in [2.45, 2.75) is 13.1 Å². The average molecular weight is 427 g/mol. The van der Waals surface area contributed by atoms with Gasteiger partial charge in [-0.05, 0) is 18.6 Å². The van der Waals surface area contributed by atoms with Crippen molar-refractivity contribution < 1.29 is 18.0 Å². The molecule has 1 N–H and O–H groups in total. The van der Waals surface area contributed by atoms with Gasteiger partial charge >= 0.3 is 6.18 Å². The van der Waals surface area contributed by atoms with E-state index in [1.165, 1.54) is 36.3 Å². The maximum Gasteiger partial charge on any atom is 0.420 e. The molecule has 3 heterocycles. The molecule has 3 aromatic heterocycles. The van der Waals surface area contributed by atoms with Gasteiger partial charge in [0.15, 0.2) is 5.82 Å². The molecule has 4 aromatic rings. The van der Waals surface area contributed by atoms with E-state index in [2.05, 4.69) is 25.7 Å². The fourth-order valence-electron chi connectivity index (χ4n) is 3.24. The Morgan fingerprint density at radius 3 is 2.52 bits per heavy atom. The zero-order valence-electron chi connectivity index (χ0n) is 16.4.